The maximum Gasteiger partial charge on any atom is 0.188 e. The molecule has 0 aliphatic carbocycles. The summed E-state index contributed by atoms with van der Waals surface area (Å²) in [6.07, 6.45) is 4.91. The summed E-state index contributed by atoms with van der Waals surface area (Å²) >= 11 is 12.0. The van der Waals surface area contributed by atoms with E-state index in [4.69, 9.17) is 23.2 Å². The van der Waals surface area contributed by atoms with E-state index in [1.54, 1.807) is 24.4 Å². The van der Waals surface area contributed by atoms with E-state index >= 15 is 0 Å². The largest absolute Gasteiger partial charge is 0.360 e. The molecule has 3 aromatic rings. The predicted octanol–water partition coefficient (Wildman–Crippen LogP) is 5.37. The van der Waals surface area contributed by atoms with Crippen molar-refractivity contribution >= 4 is 46.0 Å². The van der Waals surface area contributed by atoms with Gasteiger partial charge in [0.1, 0.15) is 0 Å². The van der Waals surface area contributed by atoms with Gasteiger partial charge in [-0.05, 0) is 29.8 Å². The molecule has 0 radical (unpaired) electrons. The maximum atomic E-state index is 12.3. The van der Waals surface area contributed by atoms with Gasteiger partial charge in [0, 0.05) is 22.7 Å². The first-order valence-corrected chi connectivity index (χ1v) is 7.15. The minimum absolute atomic E-state index is 0.0801. The second-order valence-corrected chi connectivity index (χ2v) is 5.37. The van der Waals surface area contributed by atoms with Crippen LogP contribution in [0.4, 0.5) is 0 Å². The van der Waals surface area contributed by atoms with Gasteiger partial charge in [-0.25, -0.2) is 0 Å². The van der Waals surface area contributed by atoms with E-state index in [9.17, 15) is 4.79 Å². The molecule has 3 rings (SSSR count). The highest BCUT2D eigenvalue weighted by Gasteiger charge is 2.09. The number of nitrogens with one attached hydrogen (secondary N) is 1. The van der Waals surface area contributed by atoms with E-state index in [0.29, 0.717) is 15.6 Å². The van der Waals surface area contributed by atoms with Crippen molar-refractivity contribution < 1.29 is 4.79 Å². The third-order valence-corrected chi connectivity index (χ3v) is 4.08. The summed E-state index contributed by atoms with van der Waals surface area (Å²) in [4.78, 5) is 15.4. The van der Waals surface area contributed by atoms with Crippen molar-refractivity contribution in [3.8, 4) is 0 Å². The summed E-state index contributed by atoms with van der Waals surface area (Å²) < 4.78 is 0. The Kier molecular flexibility index (Phi) is 3.82. The standard InChI is InChI=1S/C17H11Cl2NO/c18-14-6-3-4-11(17(14)19)8-9-16(21)13-10-20-15-7-2-1-5-12(13)15/h1-10,20H/b9-8+. The zero-order chi connectivity index (χ0) is 14.8. The third kappa shape index (κ3) is 2.73. The van der Waals surface area contributed by atoms with Gasteiger partial charge in [0.2, 0.25) is 0 Å². The first kappa shape index (κ1) is 13.9. The number of hydrogen-bond donors (Lipinski definition) is 1. The van der Waals surface area contributed by atoms with Crippen molar-refractivity contribution in [1.29, 1.82) is 0 Å². The van der Waals surface area contributed by atoms with Gasteiger partial charge in [0.25, 0.3) is 0 Å². The summed E-state index contributed by atoms with van der Waals surface area (Å²) in [6.45, 7) is 0. The molecule has 104 valence electrons. The van der Waals surface area contributed by atoms with Crippen LogP contribution in [0.5, 0.6) is 0 Å². The second-order valence-electron chi connectivity index (χ2n) is 4.59. The molecule has 4 heteroatoms. The molecule has 2 aromatic carbocycles. The molecule has 0 spiro atoms. The summed E-state index contributed by atoms with van der Waals surface area (Å²) in [5.41, 5.74) is 2.30. The van der Waals surface area contributed by atoms with Gasteiger partial charge >= 0.3 is 0 Å². The number of para-hydroxylation sites is 1. The highest BCUT2D eigenvalue weighted by Crippen LogP contribution is 2.26. The normalized spacial score (nSPS) is 11.3. The number of carbonyl (C=O) groups is 1. The molecule has 1 N–H and O–H groups in total. The Morgan fingerprint density at radius 2 is 1.86 bits per heavy atom. The fourth-order valence-electron chi connectivity index (χ4n) is 2.18. The molecule has 21 heavy (non-hydrogen) atoms. The molecule has 0 fully saturated rings. The van der Waals surface area contributed by atoms with Crippen LogP contribution >= 0.6 is 23.2 Å². The summed E-state index contributed by atoms with van der Waals surface area (Å²) in [6, 6.07) is 13.0. The average Bonchev–Trinajstić information content (AvgIpc) is 2.92. The first-order chi connectivity index (χ1) is 10.2. The number of allylic oxidation sites excluding steroid dienone is 1. The molecule has 0 aliphatic rings. The smallest absolute Gasteiger partial charge is 0.188 e. The van der Waals surface area contributed by atoms with Gasteiger partial charge in [0.05, 0.1) is 10.0 Å². The fourth-order valence-corrected chi connectivity index (χ4v) is 2.55. The number of H-pyrrole nitrogens is 1. The quantitative estimate of drug-likeness (QED) is 0.511. The zero-order valence-corrected chi connectivity index (χ0v) is 12.4. The Balaban J connectivity index is 1.93. The van der Waals surface area contributed by atoms with Gasteiger partial charge in [-0.2, -0.15) is 0 Å². The van der Waals surface area contributed by atoms with E-state index in [-0.39, 0.29) is 5.78 Å². The lowest BCUT2D eigenvalue weighted by atomic mass is 10.1. The van der Waals surface area contributed by atoms with Crippen LogP contribution < -0.4 is 0 Å². The Morgan fingerprint density at radius 3 is 2.71 bits per heavy atom. The predicted molar refractivity (Wildman–Crippen MR) is 88.1 cm³/mol. The number of aromatic nitrogens is 1. The first-order valence-electron chi connectivity index (χ1n) is 6.39. The number of halogens is 2. The minimum atomic E-state index is -0.0801. The monoisotopic (exact) mass is 315 g/mol. The van der Waals surface area contributed by atoms with Crippen LogP contribution in [0.1, 0.15) is 15.9 Å². The number of aromatic amines is 1. The molecule has 0 aliphatic heterocycles. The highest BCUT2D eigenvalue weighted by molar-refractivity contribution is 6.43. The van der Waals surface area contributed by atoms with Gasteiger partial charge in [-0.15, -0.1) is 0 Å². The van der Waals surface area contributed by atoms with Crippen LogP contribution in [-0.4, -0.2) is 10.8 Å². The molecule has 0 atom stereocenters. The fraction of sp³-hybridized carbons (Fsp3) is 0. The third-order valence-electron chi connectivity index (χ3n) is 3.25. The van der Waals surface area contributed by atoms with Crippen molar-refractivity contribution in [1.82, 2.24) is 4.98 Å². The average molecular weight is 316 g/mol. The number of benzene rings is 2. The van der Waals surface area contributed by atoms with Gasteiger partial charge in [0.15, 0.2) is 5.78 Å². The SMILES string of the molecule is O=C(/C=C/c1cccc(Cl)c1Cl)c1c[nH]c2ccccc12. The molecule has 0 amide bonds. The topological polar surface area (TPSA) is 32.9 Å². The Hall–Kier alpha value is -2.03. The lowest BCUT2D eigenvalue weighted by molar-refractivity contribution is 0.104. The van der Waals surface area contributed by atoms with Crippen LogP contribution in [0.3, 0.4) is 0 Å². The lowest BCUT2D eigenvalue weighted by Gasteiger charge is -1.99. The number of hydrogen-bond acceptors (Lipinski definition) is 1. The van der Waals surface area contributed by atoms with Crippen molar-refractivity contribution in [2.45, 2.75) is 0 Å². The Morgan fingerprint density at radius 1 is 1.05 bits per heavy atom. The van der Waals surface area contributed by atoms with Crippen LogP contribution in [0.15, 0.2) is 54.7 Å². The van der Waals surface area contributed by atoms with Crippen LogP contribution in [0, 0.1) is 0 Å². The second kappa shape index (κ2) is 5.76. The molecule has 1 heterocycles. The number of fused-ring (bicyclic) bond motifs is 1. The molecular weight excluding hydrogens is 305 g/mol. The van der Waals surface area contributed by atoms with Crippen molar-refractivity contribution in [3.63, 3.8) is 0 Å². The number of ketones is 1. The van der Waals surface area contributed by atoms with E-state index < -0.39 is 0 Å². The van der Waals surface area contributed by atoms with Crippen LogP contribution in [0.25, 0.3) is 17.0 Å². The van der Waals surface area contributed by atoms with Crippen LogP contribution in [0.2, 0.25) is 10.0 Å². The molecular formula is C17H11Cl2NO. The van der Waals surface area contributed by atoms with Crippen LogP contribution in [-0.2, 0) is 0 Å². The summed E-state index contributed by atoms with van der Waals surface area (Å²) in [7, 11) is 0. The zero-order valence-electron chi connectivity index (χ0n) is 10.9. The van der Waals surface area contributed by atoms with E-state index in [1.807, 2.05) is 30.3 Å². The van der Waals surface area contributed by atoms with Gasteiger partial charge in [-0.3, -0.25) is 4.79 Å². The van der Waals surface area contributed by atoms with Crippen molar-refractivity contribution in [3.05, 3.63) is 75.9 Å². The minimum Gasteiger partial charge on any atom is -0.360 e. The lowest BCUT2D eigenvalue weighted by Crippen LogP contribution is -1.92. The van der Waals surface area contributed by atoms with E-state index in [1.165, 1.54) is 6.08 Å². The Labute approximate surface area is 132 Å². The highest BCUT2D eigenvalue weighted by atomic mass is 35.5. The van der Waals surface area contributed by atoms with Gasteiger partial charge < -0.3 is 4.98 Å². The summed E-state index contributed by atoms with van der Waals surface area (Å²) in [5.74, 6) is -0.0801. The Bertz CT molecular complexity index is 849. The molecule has 0 saturated heterocycles. The molecule has 0 saturated carbocycles. The molecule has 2 nitrogen and oxygen atoms in total. The maximum absolute atomic E-state index is 12.3. The molecule has 1 aromatic heterocycles. The summed E-state index contributed by atoms with van der Waals surface area (Å²) in [5, 5.41) is 1.82. The number of carbonyl (C=O) groups excluding carboxylic acids is 1. The van der Waals surface area contributed by atoms with Crippen molar-refractivity contribution in [2.24, 2.45) is 0 Å². The molecule has 0 unspecified atom stereocenters. The van der Waals surface area contributed by atoms with Gasteiger partial charge in [-0.1, -0.05) is 53.5 Å². The van der Waals surface area contributed by atoms with E-state index in [0.717, 1.165) is 16.5 Å². The number of rotatable bonds is 3. The van der Waals surface area contributed by atoms with E-state index in [2.05, 4.69) is 4.98 Å². The molecule has 0 bridgehead atoms. The van der Waals surface area contributed by atoms with Crippen molar-refractivity contribution in [2.75, 3.05) is 0 Å².